The van der Waals surface area contributed by atoms with Gasteiger partial charge in [0.2, 0.25) is 0 Å². The van der Waals surface area contributed by atoms with Crippen molar-refractivity contribution in [1.29, 1.82) is 0 Å². The fourth-order valence-corrected chi connectivity index (χ4v) is 2.10. The van der Waals surface area contributed by atoms with Gasteiger partial charge in [0.25, 0.3) is 5.91 Å². The second-order valence-corrected chi connectivity index (χ2v) is 6.05. The van der Waals surface area contributed by atoms with Crippen molar-refractivity contribution in [2.75, 3.05) is 0 Å². The fraction of sp³-hybridized carbons (Fsp3) is 0.467. The fourth-order valence-electron chi connectivity index (χ4n) is 2.10. The van der Waals surface area contributed by atoms with Gasteiger partial charge in [-0.1, -0.05) is 13.8 Å². The number of aromatic nitrogens is 1. The van der Waals surface area contributed by atoms with E-state index < -0.39 is 41.3 Å². The van der Waals surface area contributed by atoms with Crippen molar-refractivity contribution in [3.05, 3.63) is 23.5 Å². The van der Waals surface area contributed by atoms with Gasteiger partial charge in [0, 0.05) is 0 Å². The summed E-state index contributed by atoms with van der Waals surface area (Å²) in [5.41, 5.74) is -2.10. The van der Waals surface area contributed by atoms with Crippen molar-refractivity contribution in [2.45, 2.75) is 38.8 Å². The van der Waals surface area contributed by atoms with E-state index in [4.69, 9.17) is 0 Å². The van der Waals surface area contributed by atoms with E-state index in [-0.39, 0.29) is 17.4 Å². The summed E-state index contributed by atoms with van der Waals surface area (Å²) in [4.78, 5) is 31.4. The van der Waals surface area contributed by atoms with Crippen LogP contribution in [0.4, 0.5) is 17.6 Å². The third-order valence-electron chi connectivity index (χ3n) is 3.99. The van der Waals surface area contributed by atoms with E-state index in [1.54, 1.807) is 20.8 Å². The number of pyridine rings is 1. The van der Waals surface area contributed by atoms with Crippen LogP contribution in [-0.4, -0.2) is 45.9 Å². The van der Waals surface area contributed by atoms with Crippen LogP contribution >= 0.6 is 0 Å². The summed E-state index contributed by atoms with van der Waals surface area (Å²) in [6.45, 7) is 5.02. The number of carboxylic acids is 1. The summed E-state index contributed by atoms with van der Waals surface area (Å²) in [5.74, 6) is -3.32. The van der Waals surface area contributed by atoms with Crippen molar-refractivity contribution in [1.82, 2.24) is 10.3 Å². The first-order chi connectivity index (χ1) is 11.9. The molecule has 0 bridgehead atoms. The van der Waals surface area contributed by atoms with E-state index in [1.807, 2.05) is 0 Å². The van der Waals surface area contributed by atoms with Gasteiger partial charge in [0.15, 0.2) is 5.84 Å². The molecule has 0 saturated carbocycles. The number of alkyl halides is 4. The van der Waals surface area contributed by atoms with E-state index in [0.29, 0.717) is 12.3 Å². The number of amidine groups is 1. The molecular weight excluding hydrogens is 362 g/mol. The Balaban J connectivity index is 2.46. The Hall–Kier alpha value is -2.72. The van der Waals surface area contributed by atoms with Crippen molar-refractivity contribution >= 4 is 17.7 Å². The first kappa shape index (κ1) is 19.6. The maximum atomic E-state index is 13.0. The smallest absolute Gasteiger partial charge is 0.461 e. The van der Waals surface area contributed by atoms with E-state index in [9.17, 15) is 32.3 Å². The Labute approximate surface area is 145 Å². The number of carboxylic acid groups (broad SMARTS) is 1. The highest BCUT2D eigenvalue weighted by molar-refractivity contribution is 6.17. The number of aromatic carboxylic acids is 1. The maximum absolute atomic E-state index is 13.0. The Morgan fingerprint density at radius 3 is 2.46 bits per heavy atom. The highest BCUT2D eigenvalue weighted by Gasteiger charge is 2.45. The lowest BCUT2D eigenvalue weighted by Gasteiger charge is -2.21. The lowest BCUT2D eigenvalue weighted by atomic mass is 9.89. The molecule has 2 rings (SSSR count). The van der Waals surface area contributed by atoms with Crippen LogP contribution in [0.1, 0.15) is 36.8 Å². The second-order valence-electron chi connectivity index (χ2n) is 6.05. The van der Waals surface area contributed by atoms with Crippen molar-refractivity contribution in [2.24, 2.45) is 10.9 Å². The van der Waals surface area contributed by atoms with E-state index in [0.717, 1.165) is 0 Å². The lowest BCUT2D eigenvalue weighted by molar-refractivity contribution is -0.253. The van der Waals surface area contributed by atoms with Crippen molar-refractivity contribution in [3.63, 3.8) is 0 Å². The molecule has 1 aliphatic rings. The minimum absolute atomic E-state index is 0.157. The number of aliphatic imine (C=N–C) groups is 1. The molecule has 7 nitrogen and oxygen atoms in total. The minimum Gasteiger partial charge on any atom is -0.478 e. The molecule has 1 amide bonds. The zero-order chi connectivity index (χ0) is 19.9. The van der Waals surface area contributed by atoms with Gasteiger partial charge in [0.1, 0.15) is 17.0 Å². The predicted octanol–water partition coefficient (Wildman–Crippen LogP) is 2.31. The number of amides is 1. The number of nitrogens with zero attached hydrogens (tertiary/aromatic N) is 2. The molecule has 11 heteroatoms. The molecule has 0 saturated heterocycles. The van der Waals surface area contributed by atoms with E-state index in [1.165, 1.54) is 0 Å². The number of halogens is 4. The normalized spacial score (nSPS) is 20.3. The number of ether oxygens (including phenoxy) is 1. The second kappa shape index (κ2) is 6.54. The Morgan fingerprint density at radius 2 is 2.00 bits per heavy atom. The number of carbonyl (C=O) groups is 2. The van der Waals surface area contributed by atoms with Gasteiger partial charge in [0.05, 0.1) is 11.8 Å². The third kappa shape index (κ3) is 3.46. The molecule has 0 fully saturated rings. The van der Waals surface area contributed by atoms with Gasteiger partial charge in [-0.3, -0.25) is 4.79 Å². The number of carbonyl (C=O) groups excluding carboxylic acids is 1. The van der Waals surface area contributed by atoms with Gasteiger partial charge < -0.3 is 15.2 Å². The summed E-state index contributed by atoms with van der Waals surface area (Å²) < 4.78 is 54.2. The third-order valence-corrected chi connectivity index (χ3v) is 3.99. The van der Waals surface area contributed by atoms with E-state index in [2.05, 4.69) is 20.0 Å². The monoisotopic (exact) mass is 377 g/mol. The van der Waals surface area contributed by atoms with Gasteiger partial charge in [-0.15, -0.1) is 0 Å². The van der Waals surface area contributed by atoms with Gasteiger partial charge in [-0.2, -0.15) is 17.6 Å². The van der Waals surface area contributed by atoms with E-state index >= 15 is 0 Å². The minimum atomic E-state index is -4.81. The number of rotatable bonds is 6. The first-order valence-corrected chi connectivity index (χ1v) is 7.38. The summed E-state index contributed by atoms with van der Waals surface area (Å²) in [6, 6.07) is 0.612. The molecule has 142 valence electrons. The molecule has 1 aliphatic heterocycles. The van der Waals surface area contributed by atoms with Crippen molar-refractivity contribution in [3.8, 4) is 5.75 Å². The summed E-state index contributed by atoms with van der Waals surface area (Å²) in [5, 5.41) is 11.7. The van der Waals surface area contributed by atoms with Crippen LogP contribution in [0.2, 0.25) is 0 Å². The standard InChI is InChI=1S/C15H15F4N3O4/c1-6(2)14(3)13(25)21-10(22-14)9-8(11(23)24)4-7(5-20-9)26-15(18,19)12(16)17/h4-6,12H,1-3H3,(H,23,24)(H,21,22,25). The van der Waals surface area contributed by atoms with Crippen LogP contribution in [0.25, 0.3) is 0 Å². The molecule has 26 heavy (non-hydrogen) atoms. The maximum Gasteiger partial charge on any atom is 0.461 e. The highest BCUT2D eigenvalue weighted by Crippen LogP contribution is 2.30. The molecule has 1 aromatic rings. The van der Waals surface area contributed by atoms with Crippen LogP contribution in [0.5, 0.6) is 5.75 Å². The van der Waals surface area contributed by atoms with Crippen LogP contribution < -0.4 is 10.1 Å². The molecule has 1 aromatic heterocycles. The van der Waals surface area contributed by atoms with Gasteiger partial charge in [-0.05, 0) is 18.9 Å². The summed E-state index contributed by atoms with van der Waals surface area (Å²) >= 11 is 0. The molecular formula is C15H15F4N3O4. The molecule has 1 atom stereocenters. The number of hydrogen-bond acceptors (Lipinski definition) is 5. The molecule has 0 aliphatic carbocycles. The average Bonchev–Trinajstić information content (AvgIpc) is 2.83. The zero-order valence-electron chi connectivity index (χ0n) is 13.9. The molecule has 0 radical (unpaired) electrons. The summed E-state index contributed by atoms with van der Waals surface area (Å²) in [7, 11) is 0. The molecule has 1 unspecified atom stereocenters. The summed E-state index contributed by atoms with van der Waals surface area (Å²) in [6.07, 6.45) is -8.27. The van der Waals surface area contributed by atoms with Crippen LogP contribution in [0.3, 0.4) is 0 Å². The molecule has 2 N–H and O–H groups in total. The Kier molecular flexibility index (Phi) is 4.93. The average molecular weight is 377 g/mol. The van der Waals surface area contributed by atoms with Crippen molar-refractivity contribution < 1.29 is 37.0 Å². The Morgan fingerprint density at radius 1 is 1.38 bits per heavy atom. The topological polar surface area (TPSA) is 101 Å². The van der Waals surface area contributed by atoms with Gasteiger partial charge in [-0.25, -0.2) is 14.8 Å². The Bertz CT molecular complexity index is 782. The molecule has 0 spiro atoms. The van der Waals surface area contributed by atoms with Crippen LogP contribution in [0, 0.1) is 5.92 Å². The first-order valence-electron chi connectivity index (χ1n) is 7.38. The zero-order valence-corrected chi connectivity index (χ0v) is 13.9. The predicted molar refractivity (Wildman–Crippen MR) is 80.7 cm³/mol. The highest BCUT2D eigenvalue weighted by atomic mass is 19.3. The largest absolute Gasteiger partial charge is 0.478 e. The SMILES string of the molecule is CC(C)C1(C)N=C(c2ncc(OC(F)(F)C(F)F)cc2C(=O)O)NC1=O. The van der Waals surface area contributed by atoms with Crippen LogP contribution in [0.15, 0.2) is 17.3 Å². The number of nitrogens with one attached hydrogen (secondary N) is 1. The van der Waals surface area contributed by atoms with Gasteiger partial charge >= 0.3 is 18.5 Å². The lowest BCUT2D eigenvalue weighted by Crippen LogP contribution is -2.41. The van der Waals surface area contributed by atoms with Crippen LogP contribution in [-0.2, 0) is 4.79 Å². The number of hydrogen-bond donors (Lipinski definition) is 2. The quantitative estimate of drug-likeness (QED) is 0.741. The molecule has 0 aromatic carbocycles. The molecule has 2 heterocycles.